The van der Waals surface area contributed by atoms with Gasteiger partial charge in [0.2, 0.25) is 0 Å². The van der Waals surface area contributed by atoms with E-state index in [-0.39, 0.29) is 0 Å². The number of nitrogens with zero attached hydrogens (tertiary/aromatic N) is 1. The fourth-order valence-electron chi connectivity index (χ4n) is 1.51. The molecule has 1 heterocycles. The van der Waals surface area contributed by atoms with Gasteiger partial charge in [-0.2, -0.15) is 0 Å². The molecule has 0 aromatic rings. The standard InChI is InChI=1S/C9H19N/c1-5-10-7-8(10)6-9(2,3)4/h8H,5-7H2,1-4H3. The third-order valence-corrected chi connectivity index (χ3v) is 2.08. The molecule has 1 aliphatic rings. The summed E-state index contributed by atoms with van der Waals surface area (Å²) in [7, 11) is 0. The molecule has 1 saturated heterocycles. The molecule has 0 aromatic heterocycles. The van der Waals surface area contributed by atoms with Gasteiger partial charge >= 0.3 is 0 Å². The maximum absolute atomic E-state index is 2.52. The predicted molar refractivity (Wildman–Crippen MR) is 45.1 cm³/mol. The molecule has 0 spiro atoms. The Morgan fingerprint density at radius 2 is 2.00 bits per heavy atom. The molecular formula is C9H19N. The quantitative estimate of drug-likeness (QED) is 0.532. The molecule has 2 unspecified atom stereocenters. The fraction of sp³-hybridized carbons (Fsp3) is 1.00. The van der Waals surface area contributed by atoms with Gasteiger partial charge < -0.3 is 0 Å². The zero-order chi connectivity index (χ0) is 7.78. The molecule has 1 heteroatoms. The largest absolute Gasteiger partial charge is 0.298 e. The molecular weight excluding hydrogens is 122 g/mol. The van der Waals surface area contributed by atoms with E-state index in [4.69, 9.17) is 0 Å². The molecule has 0 amide bonds. The molecule has 10 heavy (non-hydrogen) atoms. The predicted octanol–water partition coefficient (Wildman–Crippen LogP) is 2.13. The number of likely N-dealkylation sites (N-methyl/N-ethyl adjacent to an activating group) is 1. The Morgan fingerprint density at radius 1 is 1.40 bits per heavy atom. The van der Waals surface area contributed by atoms with E-state index < -0.39 is 0 Å². The van der Waals surface area contributed by atoms with E-state index in [9.17, 15) is 0 Å². The first-order valence-corrected chi connectivity index (χ1v) is 4.27. The highest BCUT2D eigenvalue weighted by Gasteiger charge is 2.34. The Hall–Kier alpha value is -0.0400. The summed E-state index contributed by atoms with van der Waals surface area (Å²) in [6.45, 7) is 11.8. The highest BCUT2D eigenvalue weighted by Crippen LogP contribution is 2.30. The average molecular weight is 141 g/mol. The first-order valence-electron chi connectivity index (χ1n) is 4.27. The summed E-state index contributed by atoms with van der Waals surface area (Å²) in [5.74, 6) is 0. The van der Waals surface area contributed by atoms with Crippen molar-refractivity contribution in [3.63, 3.8) is 0 Å². The zero-order valence-electron chi connectivity index (χ0n) is 7.65. The Balaban J connectivity index is 2.18. The number of hydrogen-bond acceptors (Lipinski definition) is 1. The minimum atomic E-state index is 0.522. The summed E-state index contributed by atoms with van der Waals surface area (Å²) in [5.41, 5.74) is 0.522. The van der Waals surface area contributed by atoms with Crippen LogP contribution in [0.3, 0.4) is 0 Å². The summed E-state index contributed by atoms with van der Waals surface area (Å²) in [6.07, 6.45) is 1.36. The lowest BCUT2D eigenvalue weighted by molar-refractivity contribution is 0.345. The van der Waals surface area contributed by atoms with Crippen molar-refractivity contribution < 1.29 is 0 Å². The van der Waals surface area contributed by atoms with E-state index in [1.54, 1.807) is 0 Å². The van der Waals surface area contributed by atoms with Crippen molar-refractivity contribution in [1.29, 1.82) is 0 Å². The van der Waals surface area contributed by atoms with Crippen LogP contribution in [0.1, 0.15) is 34.1 Å². The molecule has 0 aromatic carbocycles. The van der Waals surface area contributed by atoms with Crippen LogP contribution < -0.4 is 0 Å². The second-order valence-electron chi connectivity index (χ2n) is 4.51. The van der Waals surface area contributed by atoms with Gasteiger partial charge in [0.25, 0.3) is 0 Å². The molecule has 1 aliphatic heterocycles. The lowest BCUT2D eigenvalue weighted by atomic mass is 9.90. The molecule has 0 radical (unpaired) electrons. The van der Waals surface area contributed by atoms with Gasteiger partial charge in [0.05, 0.1) is 0 Å². The van der Waals surface area contributed by atoms with Crippen molar-refractivity contribution in [2.75, 3.05) is 13.1 Å². The molecule has 1 rings (SSSR count). The van der Waals surface area contributed by atoms with Crippen molar-refractivity contribution in [3.05, 3.63) is 0 Å². The minimum absolute atomic E-state index is 0.522. The second-order valence-corrected chi connectivity index (χ2v) is 4.51. The highest BCUT2D eigenvalue weighted by atomic mass is 15.3. The van der Waals surface area contributed by atoms with Gasteiger partial charge in [0.15, 0.2) is 0 Å². The molecule has 60 valence electrons. The normalized spacial score (nSPS) is 32.4. The summed E-state index contributed by atoms with van der Waals surface area (Å²) < 4.78 is 0. The lowest BCUT2D eigenvalue weighted by Crippen LogP contribution is -2.12. The van der Waals surface area contributed by atoms with E-state index in [0.29, 0.717) is 5.41 Å². The third kappa shape index (κ3) is 2.30. The molecule has 0 aliphatic carbocycles. The van der Waals surface area contributed by atoms with Crippen LogP contribution >= 0.6 is 0 Å². The van der Waals surface area contributed by atoms with Gasteiger partial charge in [-0.15, -0.1) is 0 Å². The molecule has 1 nitrogen and oxygen atoms in total. The molecule has 0 saturated carbocycles. The van der Waals surface area contributed by atoms with Crippen molar-refractivity contribution in [3.8, 4) is 0 Å². The Labute approximate surface area is 64.4 Å². The van der Waals surface area contributed by atoms with Crippen LogP contribution in [-0.4, -0.2) is 24.0 Å². The summed E-state index contributed by atoms with van der Waals surface area (Å²) in [5, 5.41) is 0. The molecule has 0 N–H and O–H groups in total. The smallest absolute Gasteiger partial charge is 0.0228 e. The van der Waals surface area contributed by atoms with Crippen molar-refractivity contribution in [1.82, 2.24) is 4.90 Å². The average Bonchev–Trinajstić information content (AvgIpc) is 2.42. The number of hydrogen-bond donors (Lipinski definition) is 0. The van der Waals surface area contributed by atoms with Crippen LogP contribution in [0.5, 0.6) is 0 Å². The first kappa shape index (κ1) is 8.06. The van der Waals surface area contributed by atoms with Crippen LogP contribution in [0.15, 0.2) is 0 Å². The first-order chi connectivity index (χ1) is 4.53. The Kier molecular flexibility index (Phi) is 2.04. The van der Waals surface area contributed by atoms with Crippen molar-refractivity contribution in [2.24, 2.45) is 5.41 Å². The van der Waals surface area contributed by atoms with Crippen LogP contribution in [0.4, 0.5) is 0 Å². The van der Waals surface area contributed by atoms with Crippen molar-refractivity contribution >= 4 is 0 Å². The van der Waals surface area contributed by atoms with Gasteiger partial charge in [-0.3, -0.25) is 4.90 Å². The SMILES string of the molecule is CCN1CC1CC(C)(C)C. The summed E-state index contributed by atoms with van der Waals surface area (Å²) >= 11 is 0. The molecule has 0 bridgehead atoms. The summed E-state index contributed by atoms with van der Waals surface area (Å²) in [4.78, 5) is 2.52. The van der Waals surface area contributed by atoms with E-state index in [2.05, 4.69) is 32.6 Å². The van der Waals surface area contributed by atoms with Gasteiger partial charge in [0, 0.05) is 12.6 Å². The fourth-order valence-corrected chi connectivity index (χ4v) is 1.51. The Morgan fingerprint density at radius 3 is 2.30 bits per heavy atom. The molecule has 2 atom stereocenters. The van der Waals surface area contributed by atoms with Crippen molar-refractivity contribution in [2.45, 2.75) is 40.2 Å². The van der Waals surface area contributed by atoms with Crippen LogP contribution in [0, 0.1) is 5.41 Å². The van der Waals surface area contributed by atoms with Gasteiger partial charge in [-0.25, -0.2) is 0 Å². The maximum Gasteiger partial charge on any atom is 0.0228 e. The topological polar surface area (TPSA) is 3.01 Å². The van der Waals surface area contributed by atoms with Gasteiger partial charge in [-0.1, -0.05) is 27.7 Å². The monoisotopic (exact) mass is 141 g/mol. The zero-order valence-corrected chi connectivity index (χ0v) is 7.65. The second kappa shape index (κ2) is 2.54. The maximum atomic E-state index is 2.52. The minimum Gasteiger partial charge on any atom is -0.298 e. The van der Waals surface area contributed by atoms with Crippen LogP contribution in [-0.2, 0) is 0 Å². The number of rotatable bonds is 2. The van der Waals surface area contributed by atoms with Gasteiger partial charge in [0.1, 0.15) is 0 Å². The highest BCUT2D eigenvalue weighted by molar-refractivity contribution is 4.90. The van der Waals surface area contributed by atoms with Crippen LogP contribution in [0.2, 0.25) is 0 Å². The molecule has 1 fully saturated rings. The van der Waals surface area contributed by atoms with Crippen LogP contribution in [0.25, 0.3) is 0 Å². The van der Waals surface area contributed by atoms with E-state index in [0.717, 1.165) is 6.04 Å². The van der Waals surface area contributed by atoms with E-state index >= 15 is 0 Å². The Bertz CT molecular complexity index is 112. The van der Waals surface area contributed by atoms with E-state index in [1.807, 2.05) is 0 Å². The third-order valence-electron chi connectivity index (χ3n) is 2.08. The lowest BCUT2D eigenvalue weighted by Gasteiger charge is -2.17. The van der Waals surface area contributed by atoms with Gasteiger partial charge in [-0.05, 0) is 18.4 Å². The van der Waals surface area contributed by atoms with E-state index in [1.165, 1.54) is 19.5 Å². The summed E-state index contributed by atoms with van der Waals surface area (Å²) in [6, 6.07) is 0.907.